The van der Waals surface area contributed by atoms with Gasteiger partial charge in [-0.2, -0.15) is 0 Å². The molecule has 1 aliphatic carbocycles. The molecule has 5 nitrogen and oxygen atoms in total. The first-order valence-electron chi connectivity index (χ1n) is 9.90. The number of thioether (sulfide) groups is 1. The third-order valence-corrected chi connectivity index (χ3v) is 6.58. The standard InChI is InChI=1S/C22H25N3O2S/c1-15-12-18(16(2)25(15)20-10-6-7-11-23-20)13-19-21(26)24(22(27)28-19)14-17-8-4-3-5-9-17/h6-7,10-13,17H,3-5,8-9,14H2,1-2H3/b19-13+. The van der Waals surface area contributed by atoms with Crippen LogP contribution < -0.4 is 0 Å². The van der Waals surface area contributed by atoms with Crippen molar-refractivity contribution in [2.75, 3.05) is 6.54 Å². The van der Waals surface area contributed by atoms with Crippen LogP contribution in [0.3, 0.4) is 0 Å². The van der Waals surface area contributed by atoms with E-state index in [1.807, 2.05) is 44.2 Å². The first-order valence-corrected chi connectivity index (χ1v) is 10.7. The number of imide groups is 1. The Kier molecular flexibility index (Phi) is 5.40. The number of nitrogens with zero attached hydrogens (tertiary/aromatic N) is 3. The minimum atomic E-state index is -0.150. The minimum Gasteiger partial charge on any atom is -0.303 e. The van der Waals surface area contributed by atoms with Crippen molar-refractivity contribution >= 4 is 29.0 Å². The Labute approximate surface area is 169 Å². The van der Waals surface area contributed by atoms with E-state index in [2.05, 4.69) is 9.55 Å². The van der Waals surface area contributed by atoms with Gasteiger partial charge >= 0.3 is 0 Å². The number of hydrogen-bond acceptors (Lipinski definition) is 4. The van der Waals surface area contributed by atoms with Gasteiger partial charge in [0.2, 0.25) is 0 Å². The van der Waals surface area contributed by atoms with Crippen molar-refractivity contribution in [3.05, 3.63) is 52.3 Å². The van der Waals surface area contributed by atoms with E-state index >= 15 is 0 Å². The van der Waals surface area contributed by atoms with Crippen LogP contribution in [-0.4, -0.2) is 32.1 Å². The van der Waals surface area contributed by atoms with Gasteiger partial charge in [-0.15, -0.1) is 0 Å². The number of rotatable bonds is 4. The number of hydrogen-bond donors (Lipinski definition) is 0. The highest BCUT2D eigenvalue weighted by atomic mass is 32.2. The summed E-state index contributed by atoms with van der Waals surface area (Å²) in [5.74, 6) is 1.15. The van der Waals surface area contributed by atoms with Gasteiger partial charge in [-0.05, 0) is 74.2 Å². The zero-order valence-electron chi connectivity index (χ0n) is 16.4. The minimum absolute atomic E-state index is 0.139. The van der Waals surface area contributed by atoms with Crippen LogP contribution >= 0.6 is 11.8 Å². The zero-order chi connectivity index (χ0) is 19.7. The number of carbonyl (C=O) groups is 2. The summed E-state index contributed by atoms with van der Waals surface area (Å²) in [5.41, 5.74) is 3.01. The molecule has 4 rings (SSSR count). The van der Waals surface area contributed by atoms with E-state index in [-0.39, 0.29) is 11.1 Å². The molecule has 1 saturated heterocycles. The van der Waals surface area contributed by atoms with E-state index in [4.69, 9.17) is 0 Å². The van der Waals surface area contributed by atoms with Gasteiger partial charge in [0.15, 0.2) is 0 Å². The highest BCUT2D eigenvalue weighted by molar-refractivity contribution is 8.18. The molecule has 1 saturated carbocycles. The molecular weight excluding hydrogens is 370 g/mol. The maximum absolute atomic E-state index is 12.9. The number of aryl methyl sites for hydroxylation is 1. The monoisotopic (exact) mass is 395 g/mol. The average Bonchev–Trinajstić information content (AvgIpc) is 3.13. The Hall–Kier alpha value is -2.34. The molecule has 2 aliphatic rings. The highest BCUT2D eigenvalue weighted by Crippen LogP contribution is 2.35. The van der Waals surface area contributed by atoms with Gasteiger partial charge in [0.1, 0.15) is 5.82 Å². The summed E-state index contributed by atoms with van der Waals surface area (Å²) in [6, 6.07) is 7.85. The number of amides is 2. The number of carbonyl (C=O) groups excluding carboxylic acids is 2. The van der Waals surface area contributed by atoms with Crippen molar-refractivity contribution < 1.29 is 9.59 Å². The SMILES string of the molecule is Cc1cc(/C=C2/SC(=O)N(CC3CCCCC3)C2=O)c(C)n1-c1ccccn1. The summed E-state index contributed by atoms with van der Waals surface area (Å²) in [6.45, 7) is 4.60. The van der Waals surface area contributed by atoms with Gasteiger partial charge < -0.3 is 4.57 Å². The molecule has 2 fully saturated rings. The van der Waals surface area contributed by atoms with Crippen LogP contribution in [0, 0.1) is 19.8 Å². The van der Waals surface area contributed by atoms with Gasteiger partial charge in [-0.25, -0.2) is 4.98 Å². The van der Waals surface area contributed by atoms with Crippen LogP contribution in [0.1, 0.15) is 49.1 Å². The van der Waals surface area contributed by atoms with Crippen LogP contribution in [0.15, 0.2) is 35.4 Å². The molecule has 1 aliphatic heterocycles. The number of aromatic nitrogens is 2. The Morgan fingerprint density at radius 1 is 1.18 bits per heavy atom. The summed E-state index contributed by atoms with van der Waals surface area (Å²) in [7, 11) is 0. The Balaban J connectivity index is 1.58. The summed E-state index contributed by atoms with van der Waals surface area (Å²) < 4.78 is 2.07. The van der Waals surface area contributed by atoms with E-state index in [1.165, 1.54) is 24.2 Å². The average molecular weight is 396 g/mol. The van der Waals surface area contributed by atoms with Crippen LogP contribution in [0.2, 0.25) is 0 Å². The van der Waals surface area contributed by atoms with Gasteiger partial charge in [0.25, 0.3) is 11.1 Å². The molecule has 0 spiro atoms. The first-order chi connectivity index (χ1) is 13.5. The second-order valence-corrected chi connectivity index (χ2v) is 8.64. The van der Waals surface area contributed by atoms with E-state index in [0.717, 1.165) is 47.4 Å². The Morgan fingerprint density at radius 3 is 2.68 bits per heavy atom. The summed E-state index contributed by atoms with van der Waals surface area (Å²) in [6.07, 6.45) is 9.53. The van der Waals surface area contributed by atoms with Gasteiger partial charge in [0, 0.05) is 24.1 Å². The molecule has 0 unspecified atom stereocenters. The van der Waals surface area contributed by atoms with Gasteiger partial charge in [0.05, 0.1) is 4.91 Å². The molecule has 28 heavy (non-hydrogen) atoms. The lowest BCUT2D eigenvalue weighted by molar-refractivity contribution is -0.123. The lowest BCUT2D eigenvalue weighted by Crippen LogP contribution is -2.34. The van der Waals surface area contributed by atoms with Crippen molar-refractivity contribution in [2.45, 2.75) is 46.0 Å². The maximum atomic E-state index is 12.9. The molecule has 0 N–H and O–H groups in total. The maximum Gasteiger partial charge on any atom is 0.293 e. The van der Waals surface area contributed by atoms with E-state index in [1.54, 1.807) is 6.20 Å². The molecule has 2 aromatic rings. The topological polar surface area (TPSA) is 55.2 Å². The van der Waals surface area contributed by atoms with Crippen molar-refractivity contribution in [1.82, 2.24) is 14.5 Å². The lowest BCUT2D eigenvalue weighted by Gasteiger charge is -2.25. The van der Waals surface area contributed by atoms with Crippen LogP contribution in [0.5, 0.6) is 0 Å². The van der Waals surface area contributed by atoms with Crippen LogP contribution in [0.25, 0.3) is 11.9 Å². The molecular formula is C22H25N3O2S. The van der Waals surface area contributed by atoms with Gasteiger partial charge in [-0.3, -0.25) is 14.5 Å². The predicted molar refractivity (Wildman–Crippen MR) is 112 cm³/mol. The predicted octanol–water partition coefficient (Wildman–Crippen LogP) is 5.11. The second-order valence-electron chi connectivity index (χ2n) is 7.65. The smallest absolute Gasteiger partial charge is 0.293 e. The third-order valence-electron chi connectivity index (χ3n) is 5.67. The molecule has 6 heteroatoms. The number of pyridine rings is 1. The Morgan fingerprint density at radius 2 is 1.96 bits per heavy atom. The van der Waals surface area contributed by atoms with E-state index in [0.29, 0.717) is 17.4 Å². The fraction of sp³-hybridized carbons (Fsp3) is 0.409. The van der Waals surface area contributed by atoms with Gasteiger partial charge in [-0.1, -0.05) is 25.3 Å². The fourth-order valence-electron chi connectivity index (χ4n) is 4.20. The second kappa shape index (κ2) is 7.95. The molecule has 2 aromatic heterocycles. The normalized spacial score (nSPS) is 19.8. The molecule has 3 heterocycles. The van der Waals surface area contributed by atoms with Crippen molar-refractivity contribution in [2.24, 2.45) is 5.92 Å². The molecule has 0 bridgehead atoms. The molecule has 0 atom stereocenters. The molecule has 146 valence electrons. The summed E-state index contributed by atoms with van der Waals surface area (Å²) >= 11 is 1.06. The van der Waals surface area contributed by atoms with Crippen molar-refractivity contribution in [1.29, 1.82) is 0 Å². The molecule has 0 aromatic carbocycles. The van der Waals surface area contributed by atoms with Crippen LogP contribution in [-0.2, 0) is 4.79 Å². The van der Waals surface area contributed by atoms with E-state index in [9.17, 15) is 9.59 Å². The highest BCUT2D eigenvalue weighted by Gasteiger charge is 2.36. The fourth-order valence-corrected chi connectivity index (χ4v) is 5.04. The quantitative estimate of drug-likeness (QED) is 0.676. The van der Waals surface area contributed by atoms with Crippen LogP contribution in [0.4, 0.5) is 4.79 Å². The largest absolute Gasteiger partial charge is 0.303 e. The summed E-state index contributed by atoms with van der Waals surface area (Å²) in [5, 5.41) is -0.139. The van der Waals surface area contributed by atoms with Crippen molar-refractivity contribution in [3.63, 3.8) is 0 Å². The van der Waals surface area contributed by atoms with E-state index < -0.39 is 0 Å². The zero-order valence-corrected chi connectivity index (χ0v) is 17.2. The van der Waals surface area contributed by atoms with Crippen molar-refractivity contribution in [3.8, 4) is 5.82 Å². The summed E-state index contributed by atoms with van der Waals surface area (Å²) in [4.78, 5) is 31.7. The third kappa shape index (κ3) is 3.65. The Bertz CT molecular complexity index is 927. The lowest BCUT2D eigenvalue weighted by atomic mass is 9.89. The first kappa shape index (κ1) is 19.0. The molecule has 2 amide bonds. The molecule has 0 radical (unpaired) electrons.